The lowest BCUT2D eigenvalue weighted by Crippen LogP contribution is -2.15. The van der Waals surface area contributed by atoms with E-state index in [1.165, 1.54) is 23.9 Å². The van der Waals surface area contributed by atoms with Gasteiger partial charge in [-0.1, -0.05) is 35.5 Å². The van der Waals surface area contributed by atoms with Crippen LogP contribution in [-0.2, 0) is 14.3 Å². The second-order valence-corrected chi connectivity index (χ2v) is 7.61. The van der Waals surface area contributed by atoms with Crippen molar-refractivity contribution in [2.24, 2.45) is 4.99 Å². The van der Waals surface area contributed by atoms with Crippen LogP contribution in [0.1, 0.15) is 13.3 Å². The first-order chi connectivity index (χ1) is 14.4. The number of thioether (sulfide) groups is 1. The van der Waals surface area contributed by atoms with Crippen LogP contribution in [0.5, 0.6) is 0 Å². The van der Waals surface area contributed by atoms with Crippen molar-refractivity contribution in [2.75, 3.05) is 23.0 Å². The first-order valence-electron chi connectivity index (χ1n) is 9.13. The lowest BCUT2D eigenvalue weighted by molar-refractivity contribution is -0.142. The van der Waals surface area contributed by atoms with Gasteiger partial charge in [-0.25, -0.2) is 9.38 Å². The van der Waals surface area contributed by atoms with Crippen molar-refractivity contribution in [3.63, 3.8) is 0 Å². The van der Waals surface area contributed by atoms with Gasteiger partial charge in [-0.3, -0.25) is 9.59 Å². The third-order valence-electron chi connectivity index (χ3n) is 3.92. The van der Waals surface area contributed by atoms with Crippen LogP contribution in [0.2, 0.25) is 5.02 Å². The summed E-state index contributed by atoms with van der Waals surface area (Å²) in [5.41, 5.74) is 2.40. The molecule has 1 aliphatic rings. The van der Waals surface area contributed by atoms with Gasteiger partial charge in [0.25, 0.3) is 0 Å². The quantitative estimate of drug-likeness (QED) is 0.599. The molecule has 6 nitrogen and oxygen atoms in total. The van der Waals surface area contributed by atoms with Crippen molar-refractivity contribution in [1.29, 1.82) is 0 Å². The Bertz CT molecular complexity index is 1030. The predicted octanol–water partition coefficient (Wildman–Crippen LogP) is 5.14. The summed E-state index contributed by atoms with van der Waals surface area (Å²) >= 11 is 7.15. The molecule has 0 unspecified atom stereocenters. The monoisotopic (exact) mass is 447 g/mol. The van der Waals surface area contributed by atoms with E-state index in [2.05, 4.69) is 15.6 Å². The molecule has 2 aromatic carbocycles. The highest BCUT2D eigenvalue weighted by molar-refractivity contribution is 8.14. The molecular formula is C21H19ClFN3O3S. The van der Waals surface area contributed by atoms with Gasteiger partial charge in [0.05, 0.1) is 45.9 Å². The number of esters is 1. The van der Waals surface area contributed by atoms with Gasteiger partial charge >= 0.3 is 5.97 Å². The minimum absolute atomic E-state index is 0.0535. The second kappa shape index (κ2) is 10.3. The third-order valence-corrected chi connectivity index (χ3v) is 5.15. The largest absolute Gasteiger partial charge is 0.466 e. The van der Waals surface area contributed by atoms with Crippen LogP contribution in [0.3, 0.4) is 0 Å². The molecule has 0 bridgehead atoms. The Morgan fingerprint density at radius 3 is 2.83 bits per heavy atom. The fraction of sp³-hybridized carbons (Fsp3) is 0.190. The molecule has 1 aliphatic heterocycles. The number of carbonyl (C=O) groups is 2. The van der Waals surface area contributed by atoms with Crippen molar-refractivity contribution in [3.8, 4) is 0 Å². The SMILES string of the molecule is CCOC(=O)CC1=CC(SCC(=O)Nc2ccc(F)cc2Cl)=Nc2ccccc2N1. The number of nitrogens with zero attached hydrogens (tertiary/aromatic N) is 1. The topological polar surface area (TPSA) is 79.8 Å². The van der Waals surface area contributed by atoms with E-state index in [4.69, 9.17) is 16.3 Å². The molecule has 156 valence electrons. The van der Waals surface area contributed by atoms with Crippen molar-refractivity contribution < 1.29 is 18.7 Å². The summed E-state index contributed by atoms with van der Waals surface area (Å²) in [6.07, 6.45) is 1.78. The molecule has 0 spiro atoms. The summed E-state index contributed by atoms with van der Waals surface area (Å²) in [6, 6.07) is 11.2. The number of halogens is 2. The maximum atomic E-state index is 13.1. The van der Waals surface area contributed by atoms with E-state index in [9.17, 15) is 14.0 Å². The number of rotatable bonds is 6. The van der Waals surface area contributed by atoms with E-state index >= 15 is 0 Å². The zero-order valence-electron chi connectivity index (χ0n) is 16.1. The fourth-order valence-corrected chi connectivity index (χ4v) is 3.59. The summed E-state index contributed by atoms with van der Waals surface area (Å²) < 4.78 is 18.2. The van der Waals surface area contributed by atoms with E-state index in [1.807, 2.05) is 24.3 Å². The van der Waals surface area contributed by atoms with E-state index in [0.717, 1.165) is 11.8 Å². The number of ether oxygens (including phenoxy) is 1. The average molecular weight is 448 g/mol. The molecule has 0 aliphatic carbocycles. The number of benzene rings is 2. The van der Waals surface area contributed by atoms with Gasteiger partial charge in [-0.15, -0.1) is 0 Å². The van der Waals surface area contributed by atoms with Crippen molar-refractivity contribution >= 4 is 57.3 Å². The van der Waals surface area contributed by atoms with Gasteiger partial charge in [-0.2, -0.15) is 0 Å². The summed E-state index contributed by atoms with van der Waals surface area (Å²) in [7, 11) is 0. The Hall–Kier alpha value is -2.84. The molecule has 0 radical (unpaired) electrons. The zero-order chi connectivity index (χ0) is 21.5. The van der Waals surface area contributed by atoms with Crippen LogP contribution >= 0.6 is 23.4 Å². The Morgan fingerprint density at radius 1 is 1.27 bits per heavy atom. The summed E-state index contributed by atoms with van der Waals surface area (Å²) in [5.74, 6) is -1.10. The summed E-state index contributed by atoms with van der Waals surface area (Å²) in [5, 5.41) is 6.53. The van der Waals surface area contributed by atoms with Crippen LogP contribution in [0, 0.1) is 5.82 Å². The molecule has 2 N–H and O–H groups in total. The van der Waals surface area contributed by atoms with E-state index in [-0.39, 0.29) is 29.1 Å². The summed E-state index contributed by atoms with van der Waals surface area (Å²) in [4.78, 5) is 28.8. The number of aliphatic imine (C=N–C) groups is 1. The minimum atomic E-state index is -0.481. The molecule has 30 heavy (non-hydrogen) atoms. The molecule has 0 saturated heterocycles. The van der Waals surface area contributed by atoms with Gasteiger partial charge < -0.3 is 15.4 Å². The maximum absolute atomic E-state index is 13.1. The molecule has 1 amide bonds. The molecule has 1 heterocycles. The Balaban J connectivity index is 1.72. The molecular weight excluding hydrogens is 429 g/mol. The molecule has 2 aromatic rings. The lowest BCUT2D eigenvalue weighted by Gasteiger charge is -2.10. The predicted molar refractivity (Wildman–Crippen MR) is 119 cm³/mol. The standard InChI is InChI=1S/C21H19ClFN3O3S/c1-2-29-21(28)11-14-10-20(26-18-6-4-3-5-17(18)24-14)30-12-19(27)25-16-8-7-13(23)9-15(16)22/h3-10,24H,2,11-12H2,1H3,(H,25,27). The number of hydrogen-bond donors (Lipinski definition) is 2. The Kier molecular flexibility index (Phi) is 7.48. The number of fused-ring (bicyclic) bond motifs is 1. The first-order valence-corrected chi connectivity index (χ1v) is 10.5. The zero-order valence-corrected chi connectivity index (χ0v) is 17.6. The molecule has 0 fully saturated rings. The molecule has 9 heteroatoms. The number of anilines is 2. The number of nitrogens with one attached hydrogen (secondary N) is 2. The van der Waals surface area contributed by atoms with E-state index < -0.39 is 5.82 Å². The van der Waals surface area contributed by atoms with Crippen LogP contribution in [0.15, 0.2) is 59.2 Å². The molecule has 3 rings (SSSR count). The highest BCUT2D eigenvalue weighted by atomic mass is 35.5. The lowest BCUT2D eigenvalue weighted by atomic mass is 10.2. The molecule has 0 atom stereocenters. The number of amides is 1. The van der Waals surface area contributed by atoms with Crippen LogP contribution in [0.4, 0.5) is 21.5 Å². The maximum Gasteiger partial charge on any atom is 0.311 e. The normalized spacial score (nSPS) is 12.6. The van der Waals surface area contributed by atoms with Crippen LogP contribution < -0.4 is 10.6 Å². The Morgan fingerprint density at radius 2 is 2.07 bits per heavy atom. The average Bonchev–Trinajstić information content (AvgIpc) is 2.87. The molecule has 0 saturated carbocycles. The number of hydrogen-bond acceptors (Lipinski definition) is 6. The highest BCUT2D eigenvalue weighted by Crippen LogP contribution is 2.31. The second-order valence-electron chi connectivity index (χ2n) is 6.20. The van der Waals surface area contributed by atoms with E-state index in [0.29, 0.717) is 28.7 Å². The smallest absolute Gasteiger partial charge is 0.311 e. The number of carbonyl (C=O) groups excluding carboxylic acids is 2. The Labute approximate surface area is 182 Å². The first kappa shape index (κ1) is 21.9. The number of para-hydroxylation sites is 2. The van der Waals surface area contributed by atoms with Gasteiger partial charge in [0.2, 0.25) is 5.91 Å². The van der Waals surface area contributed by atoms with Crippen molar-refractivity contribution in [2.45, 2.75) is 13.3 Å². The minimum Gasteiger partial charge on any atom is -0.466 e. The van der Waals surface area contributed by atoms with Gasteiger partial charge in [-0.05, 0) is 43.3 Å². The van der Waals surface area contributed by atoms with E-state index in [1.54, 1.807) is 13.0 Å². The van der Waals surface area contributed by atoms with Gasteiger partial charge in [0.15, 0.2) is 0 Å². The van der Waals surface area contributed by atoms with Crippen LogP contribution in [-0.4, -0.2) is 29.3 Å². The third kappa shape index (κ3) is 6.08. The van der Waals surface area contributed by atoms with Gasteiger partial charge in [0, 0.05) is 5.70 Å². The van der Waals surface area contributed by atoms with Crippen LogP contribution in [0.25, 0.3) is 0 Å². The van der Waals surface area contributed by atoms with Gasteiger partial charge in [0.1, 0.15) is 5.82 Å². The van der Waals surface area contributed by atoms with Crippen molar-refractivity contribution in [1.82, 2.24) is 0 Å². The highest BCUT2D eigenvalue weighted by Gasteiger charge is 2.16. The summed E-state index contributed by atoms with van der Waals surface area (Å²) in [6.45, 7) is 2.04. The molecule has 0 aromatic heterocycles. The fourth-order valence-electron chi connectivity index (χ4n) is 2.64. The van der Waals surface area contributed by atoms with Crippen molar-refractivity contribution in [3.05, 3.63) is 65.1 Å².